The van der Waals surface area contributed by atoms with Crippen LogP contribution < -0.4 is 15.5 Å². The quantitative estimate of drug-likeness (QED) is 0.798. The lowest BCUT2D eigenvalue weighted by Crippen LogP contribution is -2.29. The van der Waals surface area contributed by atoms with Crippen molar-refractivity contribution in [2.45, 2.75) is 13.8 Å². The molecule has 6 heteroatoms. The van der Waals surface area contributed by atoms with Crippen LogP contribution in [0.15, 0.2) is 30.5 Å². The summed E-state index contributed by atoms with van der Waals surface area (Å²) >= 11 is 0. The second kappa shape index (κ2) is 7.58. The fourth-order valence-corrected chi connectivity index (χ4v) is 2.26. The van der Waals surface area contributed by atoms with E-state index in [2.05, 4.69) is 26.9 Å². The number of carbonyl (C=O) groups excluding carboxylic acids is 1. The van der Waals surface area contributed by atoms with Gasteiger partial charge in [-0.15, -0.1) is 5.10 Å². The number of aromatic nitrogens is 2. The molecule has 0 spiro atoms. The summed E-state index contributed by atoms with van der Waals surface area (Å²) in [5, 5.41) is 14.0. The summed E-state index contributed by atoms with van der Waals surface area (Å²) in [5.74, 6) is 0.628. The third kappa shape index (κ3) is 4.95. The molecule has 0 bridgehead atoms. The van der Waals surface area contributed by atoms with Crippen molar-refractivity contribution in [2.24, 2.45) is 0 Å². The smallest absolute Gasteiger partial charge is 0.251 e. The highest BCUT2D eigenvalue weighted by Crippen LogP contribution is 2.12. The zero-order valence-electron chi connectivity index (χ0n) is 14.1. The van der Waals surface area contributed by atoms with Gasteiger partial charge in [-0.25, -0.2) is 0 Å². The van der Waals surface area contributed by atoms with E-state index in [0.29, 0.717) is 24.5 Å². The number of aryl methyl sites for hydroxylation is 2. The molecule has 1 aromatic carbocycles. The van der Waals surface area contributed by atoms with Crippen molar-refractivity contribution in [3.63, 3.8) is 0 Å². The molecule has 1 aromatic heterocycles. The lowest BCUT2D eigenvalue weighted by atomic mass is 10.1. The van der Waals surface area contributed by atoms with E-state index < -0.39 is 0 Å². The first-order valence-electron chi connectivity index (χ1n) is 7.56. The Morgan fingerprint density at radius 2 is 1.78 bits per heavy atom. The fraction of sp³-hybridized carbons (Fsp3) is 0.353. The van der Waals surface area contributed by atoms with Crippen LogP contribution in [0, 0.1) is 13.8 Å². The van der Waals surface area contributed by atoms with Gasteiger partial charge in [-0.05, 0) is 26.0 Å². The average Bonchev–Trinajstić information content (AvgIpc) is 2.50. The Labute approximate surface area is 136 Å². The van der Waals surface area contributed by atoms with E-state index in [1.54, 1.807) is 6.20 Å². The third-order valence-electron chi connectivity index (χ3n) is 3.36. The van der Waals surface area contributed by atoms with E-state index in [0.717, 1.165) is 16.8 Å². The molecule has 6 nitrogen and oxygen atoms in total. The molecule has 2 rings (SSSR count). The van der Waals surface area contributed by atoms with Gasteiger partial charge >= 0.3 is 0 Å². The second-order valence-electron chi connectivity index (χ2n) is 5.75. The van der Waals surface area contributed by atoms with Crippen LogP contribution in [0.25, 0.3) is 0 Å². The number of carbonyl (C=O) groups is 1. The molecule has 122 valence electrons. The van der Waals surface area contributed by atoms with Gasteiger partial charge in [0.2, 0.25) is 0 Å². The molecule has 0 aliphatic heterocycles. The highest BCUT2D eigenvalue weighted by atomic mass is 16.1. The maximum Gasteiger partial charge on any atom is 0.251 e. The standard InChI is InChI=1S/C17H23N5O/c1-12-7-13(2)9-14(8-12)17(23)19-6-5-18-16-10-15(22(3)4)11-20-21-16/h7-11H,5-6H2,1-4H3,(H,18,21)(H,19,23). The summed E-state index contributed by atoms with van der Waals surface area (Å²) in [7, 11) is 3.90. The summed E-state index contributed by atoms with van der Waals surface area (Å²) in [6.45, 7) is 5.07. The van der Waals surface area contributed by atoms with Crippen molar-refractivity contribution in [1.82, 2.24) is 15.5 Å². The van der Waals surface area contributed by atoms with E-state index in [4.69, 9.17) is 0 Å². The Morgan fingerprint density at radius 1 is 1.09 bits per heavy atom. The molecule has 0 radical (unpaired) electrons. The van der Waals surface area contributed by atoms with Gasteiger partial charge in [0, 0.05) is 38.8 Å². The van der Waals surface area contributed by atoms with Gasteiger partial charge < -0.3 is 15.5 Å². The minimum atomic E-state index is -0.0632. The maximum absolute atomic E-state index is 12.1. The monoisotopic (exact) mass is 313 g/mol. The molecule has 0 atom stereocenters. The molecule has 0 unspecified atom stereocenters. The first kappa shape index (κ1) is 16.7. The summed E-state index contributed by atoms with van der Waals surface area (Å²) in [5.41, 5.74) is 3.84. The van der Waals surface area contributed by atoms with Gasteiger partial charge in [-0.3, -0.25) is 4.79 Å². The van der Waals surface area contributed by atoms with E-state index in [9.17, 15) is 4.79 Å². The number of nitrogens with one attached hydrogen (secondary N) is 2. The van der Waals surface area contributed by atoms with Gasteiger partial charge in [-0.1, -0.05) is 17.2 Å². The number of anilines is 2. The first-order valence-corrected chi connectivity index (χ1v) is 7.56. The molecule has 0 aliphatic carbocycles. The molecule has 2 aromatic rings. The lowest BCUT2D eigenvalue weighted by molar-refractivity contribution is 0.0955. The zero-order chi connectivity index (χ0) is 16.8. The van der Waals surface area contributed by atoms with E-state index in [1.807, 2.05) is 51.0 Å². The average molecular weight is 313 g/mol. The minimum Gasteiger partial charge on any atom is -0.376 e. The maximum atomic E-state index is 12.1. The van der Waals surface area contributed by atoms with Crippen LogP contribution >= 0.6 is 0 Å². The van der Waals surface area contributed by atoms with Crippen LogP contribution in [0.2, 0.25) is 0 Å². The zero-order valence-corrected chi connectivity index (χ0v) is 14.1. The summed E-state index contributed by atoms with van der Waals surface area (Å²) < 4.78 is 0. The van der Waals surface area contributed by atoms with Crippen molar-refractivity contribution in [3.8, 4) is 0 Å². The Bertz CT molecular complexity index is 664. The van der Waals surface area contributed by atoms with Crippen molar-refractivity contribution < 1.29 is 4.79 Å². The Balaban J connectivity index is 1.83. The molecule has 23 heavy (non-hydrogen) atoms. The number of rotatable bonds is 6. The summed E-state index contributed by atoms with van der Waals surface area (Å²) in [6.07, 6.45) is 1.70. The molecule has 0 aliphatic rings. The molecule has 1 amide bonds. The largest absolute Gasteiger partial charge is 0.376 e. The third-order valence-corrected chi connectivity index (χ3v) is 3.36. The fourth-order valence-electron chi connectivity index (χ4n) is 2.26. The summed E-state index contributed by atoms with van der Waals surface area (Å²) in [6, 6.07) is 7.75. The molecule has 1 heterocycles. The summed E-state index contributed by atoms with van der Waals surface area (Å²) in [4.78, 5) is 14.1. The van der Waals surface area contributed by atoms with Gasteiger partial charge in [0.25, 0.3) is 5.91 Å². The van der Waals surface area contributed by atoms with Gasteiger partial charge in [0.1, 0.15) is 0 Å². The predicted octanol–water partition coefficient (Wildman–Crippen LogP) is 2.00. The highest BCUT2D eigenvalue weighted by molar-refractivity contribution is 5.94. The van der Waals surface area contributed by atoms with Gasteiger partial charge in [-0.2, -0.15) is 5.10 Å². The number of benzene rings is 1. The van der Waals surface area contributed by atoms with Crippen LogP contribution in [-0.4, -0.2) is 43.3 Å². The molecule has 0 saturated heterocycles. The minimum absolute atomic E-state index is 0.0632. The van der Waals surface area contributed by atoms with Crippen molar-refractivity contribution in [1.29, 1.82) is 0 Å². The van der Waals surface area contributed by atoms with Crippen molar-refractivity contribution in [2.75, 3.05) is 37.4 Å². The molecular weight excluding hydrogens is 290 g/mol. The van der Waals surface area contributed by atoms with Crippen molar-refractivity contribution in [3.05, 3.63) is 47.2 Å². The Morgan fingerprint density at radius 3 is 2.43 bits per heavy atom. The SMILES string of the molecule is Cc1cc(C)cc(C(=O)NCCNc2cc(N(C)C)cnn2)c1. The van der Waals surface area contributed by atoms with Crippen LogP contribution in [-0.2, 0) is 0 Å². The van der Waals surface area contributed by atoms with Crippen LogP contribution in [0.4, 0.5) is 11.5 Å². The molecule has 2 N–H and O–H groups in total. The van der Waals surface area contributed by atoms with E-state index in [1.165, 1.54) is 0 Å². The Kier molecular flexibility index (Phi) is 5.51. The first-order chi connectivity index (χ1) is 11.0. The van der Waals surface area contributed by atoms with Crippen LogP contribution in [0.3, 0.4) is 0 Å². The van der Waals surface area contributed by atoms with Crippen molar-refractivity contribution >= 4 is 17.4 Å². The highest BCUT2D eigenvalue weighted by Gasteiger charge is 2.06. The second-order valence-corrected chi connectivity index (χ2v) is 5.75. The molecular formula is C17H23N5O. The Hall–Kier alpha value is -2.63. The number of amides is 1. The topological polar surface area (TPSA) is 70.2 Å². The van der Waals surface area contributed by atoms with E-state index >= 15 is 0 Å². The molecule has 0 saturated carbocycles. The normalized spacial score (nSPS) is 10.3. The predicted molar refractivity (Wildman–Crippen MR) is 93.1 cm³/mol. The van der Waals surface area contributed by atoms with Crippen LogP contribution in [0.5, 0.6) is 0 Å². The van der Waals surface area contributed by atoms with Gasteiger partial charge in [0.15, 0.2) is 5.82 Å². The van der Waals surface area contributed by atoms with E-state index in [-0.39, 0.29) is 5.91 Å². The van der Waals surface area contributed by atoms with Gasteiger partial charge in [0.05, 0.1) is 11.9 Å². The number of hydrogen-bond donors (Lipinski definition) is 2. The number of hydrogen-bond acceptors (Lipinski definition) is 5. The van der Waals surface area contributed by atoms with Crippen LogP contribution in [0.1, 0.15) is 21.5 Å². The molecule has 0 fully saturated rings. The lowest BCUT2D eigenvalue weighted by Gasteiger charge is -2.13. The number of nitrogens with zero attached hydrogens (tertiary/aromatic N) is 3.